The first-order valence-corrected chi connectivity index (χ1v) is 8.50. The molecule has 3 nitrogen and oxygen atoms in total. The molecule has 1 aliphatic heterocycles. The Morgan fingerprint density at radius 3 is 2.45 bits per heavy atom. The lowest BCUT2D eigenvalue weighted by Gasteiger charge is -2.16. The third-order valence-electron chi connectivity index (χ3n) is 2.98. The predicted molar refractivity (Wildman–Crippen MR) is 99.2 cm³/mol. The second-order valence-electron chi connectivity index (χ2n) is 4.55. The molecule has 0 unspecified atom stereocenters. The van der Waals surface area contributed by atoms with Gasteiger partial charge in [0, 0.05) is 4.47 Å². The topological polar surface area (TPSA) is 32.3 Å². The maximum atomic E-state index is 12.5. The maximum Gasteiger partial charge on any atom is 0.285 e. The summed E-state index contributed by atoms with van der Waals surface area (Å²) in [6.45, 7) is 0. The minimum Gasteiger partial charge on any atom is -0.290 e. The number of hydrogen-bond acceptors (Lipinski definition) is 4. The summed E-state index contributed by atoms with van der Waals surface area (Å²) in [6, 6.07) is 17.3. The highest BCUT2D eigenvalue weighted by Crippen LogP contribution is 2.32. The van der Waals surface area contributed by atoms with Gasteiger partial charge in [-0.1, -0.05) is 58.0 Å². The molecule has 1 saturated heterocycles. The summed E-state index contributed by atoms with van der Waals surface area (Å²) in [4.78, 5) is 13.1. The van der Waals surface area contributed by atoms with Gasteiger partial charge in [-0.25, -0.2) is 5.01 Å². The monoisotopic (exact) mass is 390 g/mol. The lowest BCUT2D eigenvalue weighted by molar-refractivity contribution is -0.121. The van der Waals surface area contributed by atoms with Crippen LogP contribution in [0.2, 0.25) is 0 Å². The zero-order chi connectivity index (χ0) is 15.5. The molecule has 3 rings (SSSR count). The zero-order valence-electron chi connectivity index (χ0n) is 11.3. The first-order valence-electron chi connectivity index (χ1n) is 6.49. The van der Waals surface area contributed by atoms with Crippen LogP contribution in [0.5, 0.6) is 0 Å². The average molecular weight is 391 g/mol. The van der Waals surface area contributed by atoms with Crippen LogP contribution < -0.4 is 5.43 Å². The van der Waals surface area contributed by atoms with Crippen LogP contribution in [-0.2, 0) is 4.79 Å². The van der Waals surface area contributed by atoms with Crippen LogP contribution in [0.1, 0.15) is 5.56 Å². The van der Waals surface area contributed by atoms with Gasteiger partial charge in [0.2, 0.25) is 0 Å². The van der Waals surface area contributed by atoms with Gasteiger partial charge in [0.05, 0.1) is 10.6 Å². The van der Waals surface area contributed by atoms with E-state index in [2.05, 4.69) is 21.4 Å². The Bertz CT molecular complexity index is 745. The summed E-state index contributed by atoms with van der Waals surface area (Å²) >= 11 is 9.98. The largest absolute Gasteiger partial charge is 0.290 e. The number of carbonyl (C=O) groups is 1. The maximum absolute atomic E-state index is 12.5. The molecule has 0 bridgehead atoms. The quantitative estimate of drug-likeness (QED) is 0.609. The van der Waals surface area contributed by atoms with E-state index < -0.39 is 0 Å². The number of hydrazine groups is 1. The fourth-order valence-corrected chi connectivity index (χ4v) is 3.36. The fraction of sp³-hybridized carbons (Fsp3) is 0. The Labute approximate surface area is 146 Å². The predicted octanol–water partition coefficient (Wildman–Crippen LogP) is 4.68. The Kier molecular flexibility index (Phi) is 4.61. The number of amides is 1. The molecule has 1 amide bonds. The van der Waals surface area contributed by atoms with E-state index in [1.807, 2.05) is 60.7 Å². The molecule has 0 saturated carbocycles. The summed E-state index contributed by atoms with van der Waals surface area (Å²) in [5, 5.41) is 1.40. The van der Waals surface area contributed by atoms with Gasteiger partial charge in [-0.15, -0.1) is 0 Å². The first-order chi connectivity index (χ1) is 10.6. The van der Waals surface area contributed by atoms with Gasteiger partial charge in [0.25, 0.3) is 5.91 Å². The molecular weight excluding hydrogens is 380 g/mol. The Balaban J connectivity index is 1.80. The third kappa shape index (κ3) is 3.40. The van der Waals surface area contributed by atoms with E-state index in [1.165, 1.54) is 16.8 Å². The molecule has 0 aromatic heterocycles. The van der Waals surface area contributed by atoms with E-state index in [0.29, 0.717) is 9.23 Å². The number of rotatable bonds is 3. The lowest BCUT2D eigenvalue weighted by atomic mass is 10.2. The van der Waals surface area contributed by atoms with Gasteiger partial charge in [0.1, 0.15) is 0 Å². The summed E-state index contributed by atoms with van der Waals surface area (Å²) < 4.78 is 1.50. The summed E-state index contributed by atoms with van der Waals surface area (Å²) in [5.74, 6) is -0.137. The molecule has 1 heterocycles. The average Bonchev–Trinajstić information content (AvgIpc) is 2.78. The molecule has 0 aliphatic carbocycles. The Hall–Kier alpha value is -1.63. The number of nitrogens with one attached hydrogen (secondary N) is 1. The molecular formula is C16H11BrN2OS2. The SMILES string of the molecule is O=C1C(=Cc2ccc(Br)cc2)SC(=S)N1Nc1ccccc1. The van der Waals surface area contributed by atoms with Crippen LogP contribution in [-0.4, -0.2) is 15.2 Å². The molecule has 0 spiro atoms. The highest BCUT2D eigenvalue weighted by atomic mass is 79.9. The minimum absolute atomic E-state index is 0.137. The fourth-order valence-electron chi connectivity index (χ4n) is 1.92. The summed E-state index contributed by atoms with van der Waals surface area (Å²) in [6.07, 6.45) is 1.85. The number of hydrogen-bond donors (Lipinski definition) is 1. The first kappa shape index (κ1) is 15.3. The number of carbonyl (C=O) groups excluding carboxylic acids is 1. The minimum atomic E-state index is -0.137. The molecule has 2 aromatic rings. The number of benzene rings is 2. The highest BCUT2D eigenvalue weighted by Gasteiger charge is 2.32. The van der Waals surface area contributed by atoms with Crippen molar-refractivity contribution in [2.75, 3.05) is 5.43 Å². The van der Waals surface area contributed by atoms with Crippen molar-refractivity contribution in [2.24, 2.45) is 0 Å². The molecule has 6 heteroatoms. The second kappa shape index (κ2) is 6.64. The molecule has 110 valence electrons. The van der Waals surface area contributed by atoms with Crippen LogP contribution in [0.25, 0.3) is 6.08 Å². The van der Waals surface area contributed by atoms with Crippen molar-refractivity contribution < 1.29 is 4.79 Å². The molecule has 1 N–H and O–H groups in total. The van der Waals surface area contributed by atoms with Crippen molar-refractivity contribution in [2.45, 2.75) is 0 Å². The summed E-state index contributed by atoms with van der Waals surface area (Å²) in [5.41, 5.74) is 4.82. The number of thioether (sulfide) groups is 1. The zero-order valence-corrected chi connectivity index (χ0v) is 14.5. The number of thiocarbonyl (C=S) groups is 1. The van der Waals surface area contributed by atoms with Crippen molar-refractivity contribution in [1.82, 2.24) is 5.01 Å². The summed E-state index contributed by atoms with van der Waals surface area (Å²) in [7, 11) is 0. The van der Waals surface area contributed by atoms with Crippen LogP contribution in [0.4, 0.5) is 5.69 Å². The molecule has 1 aliphatic rings. The van der Waals surface area contributed by atoms with Crippen molar-refractivity contribution in [1.29, 1.82) is 0 Å². The van der Waals surface area contributed by atoms with Gasteiger partial charge in [-0.2, -0.15) is 0 Å². The Morgan fingerprint density at radius 1 is 1.09 bits per heavy atom. The van der Waals surface area contributed by atoms with Crippen molar-refractivity contribution in [3.05, 3.63) is 69.5 Å². The molecule has 0 atom stereocenters. The van der Waals surface area contributed by atoms with E-state index in [0.717, 1.165) is 15.7 Å². The standard InChI is InChI=1S/C16H11BrN2OS2/c17-12-8-6-11(7-9-12)10-14-15(20)19(16(21)22-14)18-13-4-2-1-3-5-13/h1-10,18H. The van der Waals surface area contributed by atoms with Crippen molar-refractivity contribution in [3.8, 4) is 0 Å². The van der Waals surface area contributed by atoms with E-state index in [1.54, 1.807) is 0 Å². The number of nitrogens with zero attached hydrogens (tertiary/aromatic N) is 1. The molecule has 22 heavy (non-hydrogen) atoms. The van der Waals surface area contributed by atoms with Crippen LogP contribution in [0.3, 0.4) is 0 Å². The highest BCUT2D eigenvalue weighted by molar-refractivity contribution is 9.10. The van der Waals surface area contributed by atoms with Gasteiger partial charge in [0.15, 0.2) is 4.32 Å². The molecule has 0 radical (unpaired) electrons. The molecule has 2 aromatic carbocycles. The second-order valence-corrected chi connectivity index (χ2v) is 7.14. The smallest absolute Gasteiger partial charge is 0.285 e. The van der Waals surface area contributed by atoms with Crippen LogP contribution >= 0.6 is 39.9 Å². The van der Waals surface area contributed by atoms with Gasteiger partial charge >= 0.3 is 0 Å². The lowest BCUT2D eigenvalue weighted by Crippen LogP contribution is -2.33. The van der Waals surface area contributed by atoms with E-state index >= 15 is 0 Å². The van der Waals surface area contributed by atoms with E-state index in [4.69, 9.17) is 12.2 Å². The van der Waals surface area contributed by atoms with Crippen molar-refractivity contribution in [3.63, 3.8) is 0 Å². The number of halogens is 1. The van der Waals surface area contributed by atoms with Crippen LogP contribution in [0.15, 0.2) is 64.0 Å². The number of para-hydroxylation sites is 1. The van der Waals surface area contributed by atoms with Gasteiger partial charge in [-0.05, 0) is 48.1 Å². The number of anilines is 1. The normalized spacial score (nSPS) is 16.4. The van der Waals surface area contributed by atoms with Gasteiger partial charge in [-0.3, -0.25) is 10.2 Å². The Morgan fingerprint density at radius 2 is 1.77 bits per heavy atom. The van der Waals surface area contributed by atoms with Crippen LogP contribution in [0, 0.1) is 0 Å². The van der Waals surface area contributed by atoms with Gasteiger partial charge < -0.3 is 0 Å². The van der Waals surface area contributed by atoms with Crippen molar-refractivity contribution >= 4 is 61.9 Å². The van der Waals surface area contributed by atoms with E-state index in [9.17, 15) is 4.79 Å². The van der Waals surface area contributed by atoms with E-state index in [-0.39, 0.29) is 5.91 Å². The molecule has 1 fully saturated rings. The third-order valence-corrected chi connectivity index (χ3v) is 4.81.